The Morgan fingerprint density at radius 1 is 1.47 bits per heavy atom. The standard InChI is InChI=1S/C12H19N3/c1-10(2)14-6-4-12(5-7-14)15-9-11(3)8-13-15/h8-9,12H,1,4-7H2,2-3H3. The van der Waals surface area contributed by atoms with Crippen LogP contribution in [-0.2, 0) is 0 Å². The van der Waals surface area contributed by atoms with Crippen LogP contribution in [0.4, 0.5) is 0 Å². The molecule has 1 aromatic rings. The SMILES string of the molecule is C=C(C)N1CCC(n2cc(C)cn2)CC1. The minimum absolute atomic E-state index is 0.578. The van der Waals surface area contributed by atoms with Crippen molar-refractivity contribution in [2.75, 3.05) is 13.1 Å². The molecule has 0 spiro atoms. The van der Waals surface area contributed by atoms with E-state index in [0.717, 1.165) is 13.1 Å². The maximum absolute atomic E-state index is 4.39. The third-order valence-electron chi connectivity index (χ3n) is 3.11. The third kappa shape index (κ3) is 2.22. The van der Waals surface area contributed by atoms with E-state index in [1.165, 1.54) is 24.1 Å². The van der Waals surface area contributed by atoms with E-state index in [1.54, 1.807) is 0 Å². The highest BCUT2D eigenvalue weighted by molar-refractivity contribution is 5.01. The first kappa shape index (κ1) is 10.3. The van der Waals surface area contributed by atoms with E-state index in [1.807, 2.05) is 6.20 Å². The highest BCUT2D eigenvalue weighted by atomic mass is 15.3. The number of likely N-dealkylation sites (tertiary alicyclic amines) is 1. The van der Waals surface area contributed by atoms with Crippen molar-refractivity contribution in [1.82, 2.24) is 14.7 Å². The molecular weight excluding hydrogens is 186 g/mol. The summed E-state index contributed by atoms with van der Waals surface area (Å²) < 4.78 is 2.12. The lowest BCUT2D eigenvalue weighted by Crippen LogP contribution is -2.33. The Hall–Kier alpha value is -1.25. The number of aromatic nitrogens is 2. The molecule has 1 fully saturated rings. The smallest absolute Gasteiger partial charge is 0.0552 e. The lowest BCUT2D eigenvalue weighted by molar-refractivity contribution is 0.219. The van der Waals surface area contributed by atoms with E-state index in [4.69, 9.17) is 0 Å². The summed E-state index contributed by atoms with van der Waals surface area (Å²) in [4.78, 5) is 2.35. The molecule has 1 aliphatic rings. The first-order valence-corrected chi connectivity index (χ1v) is 5.58. The average molecular weight is 205 g/mol. The van der Waals surface area contributed by atoms with Crippen LogP contribution in [0.2, 0.25) is 0 Å². The Morgan fingerprint density at radius 3 is 2.60 bits per heavy atom. The van der Waals surface area contributed by atoms with Gasteiger partial charge in [-0.25, -0.2) is 0 Å². The molecule has 0 bridgehead atoms. The summed E-state index contributed by atoms with van der Waals surface area (Å²) in [5.74, 6) is 0. The van der Waals surface area contributed by atoms with E-state index in [0.29, 0.717) is 6.04 Å². The maximum atomic E-state index is 4.39. The molecule has 0 amide bonds. The van der Waals surface area contributed by atoms with Gasteiger partial charge in [-0.05, 0) is 32.3 Å². The molecule has 0 saturated carbocycles. The van der Waals surface area contributed by atoms with Crippen LogP contribution in [0.25, 0.3) is 0 Å². The van der Waals surface area contributed by atoms with Gasteiger partial charge in [0.2, 0.25) is 0 Å². The number of aryl methyl sites for hydroxylation is 1. The van der Waals surface area contributed by atoms with Crippen molar-refractivity contribution in [3.8, 4) is 0 Å². The molecule has 2 heterocycles. The quantitative estimate of drug-likeness (QED) is 0.739. The summed E-state index contributed by atoms with van der Waals surface area (Å²) in [5.41, 5.74) is 2.43. The van der Waals surface area contributed by atoms with Crippen LogP contribution in [0.15, 0.2) is 24.7 Å². The fourth-order valence-electron chi connectivity index (χ4n) is 2.14. The second-order valence-electron chi connectivity index (χ2n) is 4.45. The Kier molecular flexibility index (Phi) is 2.80. The first-order valence-electron chi connectivity index (χ1n) is 5.58. The fraction of sp³-hybridized carbons (Fsp3) is 0.583. The molecule has 1 aromatic heterocycles. The molecule has 82 valence electrons. The average Bonchev–Trinajstić information content (AvgIpc) is 2.65. The van der Waals surface area contributed by atoms with Crippen molar-refractivity contribution in [3.05, 3.63) is 30.2 Å². The van der Waals surface area contributed by atoms with Crippen LogP contribution in [-0.4, -0.2) is 27.8 Å². The molecule has 3 nitrogen and oxygen atoms in total. The van der Waals surface area contributed by atoms with E-state index in [-0.39, 0.29) is 0 Å². The zero-order valence-corrected chi connectivity index (χ0v) is 9.61. The van der Waals surface area contributed by atoms with Crippen LogP contribution in [0.1, 0.15) is 31.4 Å². The first-order chi connectivity index (χ1) is 7.16. The van der Waals surface area contributed by atoms with Crippen LogP contribution in [0.3, 0.4) is 0 Å². The summed E-state index contributed by atoms with van der Waals surface area (Å²) in [6.07, 6.45) is 6.42. The van der Waals surface area contributed by atoms with Gasteiger partial charge in [0.05, 0.1) is 12.2 Å². The van der Waals surface area contributed by atoms with Crippen molar-refractivity contribution in [3.63, 3.8) is 0 Å². The molecule has 0 unspecified atom stereocenters. The number of allylic oxidation sites excluding steroid dienone is 1. The molecule has 15 heavy (non-hydrogen) atoms. The molecule has 0 N–H and O–H groups in total. The summed E-state index contributed by atoms with van der Waals surface area (Å²) in [6, 6.07) is 0.578. The lowest BCUT2D eigenvalue weighted by Gasteiger charge is -2.33. The molecule has 1 saturated heterocycles. The minimum atomic E-state index is 0.578. The Morgan fingerprint density at radius 2 is 2.13 bits per heavy atom. The van der Waals surface area contributed by atoms with Crippen molar-refractivity contribution >= 4 is 0 Å². The van der Waals surface area contributed by atoms with Gasteiger partial charge in [0.1, 0.15) is 0 Å². The predicted octanol–water partition coefficient (Wildman–Crippen LogP) is 2.36. The summed E-state index contributed by atoms with van der Waals surface area (Å²) in [6.45, 7) is 10.4. The van der Waals surface area contributed by atoms with Crippen molar-refractivity contribution < 1.29 is 0 Å². The van der Waals surface area contributed by atoms with Crippen molar-refractivity contribution in [2.45, 2.75) is 32.7 Å². The van der Waals surface area contributed by atoms with Gasteiger partial charge in [-0.15, -0.1) is 0 Å². The van der Waals surface area contributed by atoms with Gasteiger partial charge in [-0.2, -0.15) is 5.10 Å². The maximum Gasteiger partial charge on any atom is 0.0552 e. The lowest BCUT2D eigenvalue weighted by atomic mass is 10.1. The number of rotatable bonds is 2. The number of piperidine rings is 1. The summed E-state index contributed by atoms with van der Waals surface area (Å²) in [7, 11) is 0. The molecule has 0 aromatic carbocycles. The van der Waals surface area contributed by atoms with E-state index >= 15 is 0 Å². The normalized spacial score (nSPS) is 18.1. The van der Waals surface area contributed by atoms with E-state index in [2.05, 4.69) is 41.3 Å². The van der Waals surface area contributed by atoms with Gasteiger partial charge in [-0.1, -0.05) is 6.58 Å². The Balaban J connectivity index is 1.96. The molecule has 0 aliphatic carbocycles. The molecule has 2 rings (SSSR count). The number of hydrogen-bond donors (Lipinski definition) is 0. The second kappa shape index (κ2) is 4.09. The Bertz CT molecular complexity index is 346. The zero-order valence-electron chi connectivity index (χ0n) is 9.61. The van der Waals surface area contributed by atoms with Crippen molar-refractivity contribution in [2.24, 2.45) is 0 Å². The second-order valence-corrected chi connectivity index (χ2v) is 4.45. The molecule has 3 heteroatoms. The van der Waals surface area contributed by atoms with Gasteiger partial charge in [0.15, 0.2) is 0 Å². The molecule has 0 atom stereocenters. The molecule has 0 radical (unpaired) electrons. The predicted molar refractivity (Wildman–Crippen MR) is 61.6 cm³/mol. The minimum Gasteiger partial charge on any atom is -0.375 e. The van der Waals surface area contributed by atoms with Crippen LogP contribution in [0, 0.1) is 6.92 Å². The monoisotopic (exact) mass is 205 g/mol. The van der Waals surface area contributed by atoms with Crippen molar-refractivity contribution in [1.29, 1.82) is 0 Å². The largest absolute Gasteiger partial charge is 0.375 e. The third-order valence-corrected chi connectivity index (χ3v) is 3.11. The zero-order chi connectivity index (χ0) is 10.8. The van der Waals surface area contributed by atoms with Crippen LogP contribution < -0.4 is 0 Å². The topological polar surface area (TPSA) is 21.1 Å². The van der Waals surface area contributed by atoms with Gasteiger partial charge < -0.3 is 4.90 Å². The highest BCUT2D eigenvalue weighted by Crippen LogP contribution is 2.23. The van der Waals surface area contributed by atoms with E-state index in [9.17, 15) is 0 Å². The number of nitrogens with zero attached hydrogens (tertiary/aromatic N) is 3. The summed E-state index contributed by atoms with van der Waals surface area (Å²) >= 11 is 0. The van der Waals surface area contributed by atoms with Crippen LogP contribution >= 0.6 is 0 Å². The Labute approximate surface area is 91.4 Å². The van der Waals surface area contributed by atoms with Crippen LogP contribution in [0.5, 0.6) is 0 Å². The highest BCUT2D eigenvalue weighted by Gasteiger charge is 2.20. The number of hydrogen-bond acceptors (Lipinski definition) is 2. The van der Waals surface area contributed by atoms with E-state index < -0.39 is 0 Å². The van der Waals surface area contributed by atoms with Gasteiger partial charge in [-0.3, -0.25) is 4.68 Å². The van der Waals surface area contributed by atoms with Gasteiger partial charge in [0.25, 0.3) is 0 Å². The molecule has 1 aliphatic heterocycles. The fourth-order valence-corrected chi connectivity index (χ4v) is 2.14. The summed E-state index contributed by atoms with van der Waals surface area (Å²) in [5, 5.41) is 4.39. The van der Waals surface area contributed by atoms with Gasteiger partial charge >= 0.3 is 0 Å². The van der Waals surface area contributed by atoms with Gasteiger partial charge in [0, 0.05) is 25.0 Å². The molecular formula is C12H19N3.